The highest BCUT2D eigenvalue weighted by Crippen LogP contribution is 2.11. The molecule has 0 aromatic carbocycles. The lowest BCUT2D eigenvalue weighted by Crippen LogP contribution is -1.91. The van der Waals surface area contributed by atoms with Crippen LogP contribution in [0.5, 0.6) is 0 Å². The van der Waals surface area contributed by atoms with Crippen LogP contribution in [0, 0.1) is 0 Å². The summed E-state index contributed by atoms with van der Waals surface area (Å²) in [4.78, 5) is 3.18. The second-order valence-corrected chi connectivity index (χ2v) is 1.49. The van der Waals surface area contributed by atoms with Gasteiger partial charge in [-0.1, -0.05) is 0 Å². The average Bonchev–Trinajstić information content (AvgIpc) is 2.13. The summed E-state index contributed by atoms with van der Waals surface area (Å²) in [5, 5.41) is 3.28. The van der Waals surface area contributed by atoms with Crippen molar-refractivity contribution in [3.63, 3.8) is 0 Å². The third kappa shape index (κ3) is 1.22. The molecule has 0 aliphatic heterocycles. The summed E-state index contributed by atoms with van der Waals surface area (Å²) in [7, 11) is 1.39. The predicted molar refractivity (Wildman–Crippen MR) is 26.0 cm³/mol. The number of aromatic nitrogens is 3. The van der Waals surface area contributed by atoms with Gasteiger partial charge in [-0.3, -0.25) is 4.68 Å². The maximum absolute atomic E-state index is 11.7. The topological polar surface area (TPSA) is 30.7 Å². The highest BCUT2D eigenvalue weighted by Gasteiger charge is 2.10. The Morgan fingerprint density at radius 3 is 2.78 bits per heavy atom. The van der Waals surface area contributed by atoms with Crippen LogP contribution in [0.3, 0.4) is 0 Å². The first-order chi connectivity index (χ1) is 4.61. The number of alkyl halides is 2. The van der Waals surface area contributed by atoms with Gasteiger partial charge in [0, 0.05) is 7.05 Å². The van der Waals surface area contributed by atoms with Crippen LogP contribution in [0.25, 0.3) is 0 Å². The second kappa shape index (κ2) is 2.08. The van der Waals surface area contributed by atoms with Gasteiger partial charge in [-0.2, -0.15) is 5.10 Å². The Balaban J connectivity index is 2.98. The maximum atomic E-state index is 11.7. The molecule has 1 rings (SSSR count). The van der Waals surface area contributed by atoms with Crippen molar-refractivity contribution in [2.45, 2.75) is 6.43 Å². The Morgan fingerprint density at radius 1 is 1.89 bits per heavy atom. The summed E-state index contributed by atoms with van der Waals surface area (Å²) in [5.74, 6) is -0.590. The van der Waals surface area contributed by atoms with E-state index in [1.54, 1.807) is 0 Å². The van der Waals surface area contributed by atoms with E-state index in [0.29, 0.717) is 0 Å². The first-order valence-electron chi connectivity index (χ1n) is 2.77. The number of nitrogens with zero attached hydrogens (tertiary/aromatic N) is 3. The van der Waals surface area contributed by atoms with Crippen LogP contribution >= 0.6 is 0 Å². The molecule has 0 unspecified atom stereocenters. The molecule has 0 saturated carbocycles. The molecular formula is C4H5F2N3. The number of hydrogen-bond acceptors (Lipinski definition) is 2. The molecule has 0 amide bonds. The van der Waals surface area contributed by atoms with Crippen molar-refractivity contribution < 1.29 is 10.2 Å². The molecule has 0 saturated heterocycles. The smallest absolute Gasteiger partial charge is 0.256 e. The van der Waals surface area contributed by atoms with Gasteiger partial charge in [0.25, 0.3) is 6.43 Å². The van der Waals surface area contributed by atoms with Gasteiger partial charge < -0.3 is 0 Å². The Bertz CT molecular complexity index is 215. The van der Waals surface area contributed by atoms with Gasteiger partial charge in [-0.25, -0.2) is 13.8 Å². The minimum Gasteiger partial charge on any atom is -0.256 e. The zero-order chi connectivity index (χ0) is 7.72. The summed E-state index contributed by atoms with van der Waals surface area (Å²) in [6.07, 6.45) is -2.94. The van der Waals surface area contributed by atoms with Crippen molar-refractivity contribution >= 4 is 0 Å². The van der Waals surface area contributed by atoms with Gasteiger partial charge >= 0.3 is 0 Å². The number of hydrogen-bond donors (Lipinski definition) is 0. The molecule has 3 nitrogen and oxygen atoms in total. The largest absolute Gasteiger partial charge is 0.299 e. The highest BCUT2D eigenvalue weighted by molar-refractivity contribution is 4.81. The lowest BCUT2D eigenvalue weighted by molar-refractivity contribution is 0.140. The van der Waals surface area contributed by atoms with E-state index in [-0.39, 0.29) is 6.30 Å². The fraction of sp³-hybridized carbons (Fsp3) is 0.500. The minimum atomic E-state index is -2.69. The molecule has 1 aromatic rings. The normalized spacial score (nSPS) is 12.2. The molecule has 5 heteroatoms. The van der Waals surface area contributed by atoms with E-state index in [0.717, 1.165) is 4.68 Å². The molecule has 0 spiro atoms. The van der Waals surface area contributed by atoms with E-state index in [4.69, 9.17) is 1.37 Å². The molecule has 0 aliphatic carbocycles. The summed E-state index contributed by atoms with van der Waals surface area (Å²) in [6.45, 7) is 0. The molecule has 1 aromatic heterocycles. The lowest BCUT2D eigenvalue weighted by Gasteiger charge is -1.86. The Kier molecular flexibility index (Phi) is 1.12. The van der Waals surface area contributed by atoms with Gasteiger partial charge in [-0.05, 0) is 0 Å². The molecule has 0 radical (unpaired) electrons. The summed E-state index contributed by atoms with van der Waals surface area (Å²) >= 11 is 0. The molecule has 0 aliphatic rings. The van der Waals surface area contributed by atoms with E-state index in [1.165, 1.54) is 7.05 Å². The Hall–Kier alpha value is -1.00. The third-order valence-corrected chi connectivity index (χ3v) is 0.757. The van der Waals surface area contributed by atoms with Crippen molar-refractivity contribution in [3.8, 4) is 0 Å². The van der Waals surface area contributed by atoms with E-state index < -0.39 is 12.2 Å². The van der Waals surface area contributed by atoms with Gasteiger partial charge in [0.1, 0.15) is 7.67 Å². The standard InChI is InChI=1S/C4H5F2N3/c1-9-2-7-4(8-9)3(5)6/h2-3H,1H3/i2D. The molecule has 0 bridgehead atoms. The van der Waals surface area contributed by atoms with Crippen LogP contribution in [0.4, 0.5) is 8.78 Å². The van der Waals surface area contributed by atoms with Gasteiger partial charge in [0.15, 0.2) is 0 Å². The SMILES string of the molecule is [2H]c1nc(C(F)F)nn1C. The van der Waals surface area contributed by atoms with Crippen LogP contribution in [-0.2, 0) is 7.05 Å². The number of halogens is 2. The summed E-state index contributed by atoms with van der Waals surface area (Å²) < 4.78 is 31.4. The molecule has 0 N–H and O–H groups in total. The first-order valence-corrected chi connectivity index (χ1v) is 2.27. The lowest BCUT2D eigenvalue weighted by atomic mass is 10.7. The van der Waals surface area contributed by atoms with Gasteiger partial charge in [-0.15, -0.1) is 0 Å². The fourth-order valence-electron chi connectivity index (χ4n) is 0.414. The summed E-state index contributed by atoms with van der Waals surface area (Å²) in [5.41, 5.74) is 0. The molecule has 1 heterocycles. The van der Waals surface area contributed by atoms with Crippen LogP contribution in [0.1, 0.15) is 13.6 Å². The molecule has 50 valence electrons. The van der Waals surface area contributed by atoms with Crippen molar-refractivity contribution in [1.29, 1.82) is 0 Å². The molecule has 0 fully saturated rings. The maximum Gasteiger partial charge on any atom is 0.299 e. The predicted octanol–water partition coefficient (Wildman–Crippen LogP) is 0.753. The summed E-state index contributed by atoms with van der Waals surface area (Å²) in [6, 6.07) is 0. The fourth-order valence-corrected chi connectivity index (χ4v) is 0.414. The van der Waals surface area contributed by atoms with E-state index in [2.05, 4.69) is 10.1 Å². The first kappa shape index (κ1) is 4.84. The minimum absolute atomic E-state index is 0.254. The monoisotopic (exact) mass is 134 g/mol. The third-order valence-electron chi connectivity index (χ3n) is 0.757. The highest BCUT2D eigenvalue weighted by atomic mass is 19.3. The van der Waals surface area contributed by atoms with Crippen LogP contribution in [-0.4, -0.2) is 14.8 Å². The second-order valence-electron chi connectivity index (χ2n) is 1.49. The number of rotatable bonds is 1. The average molecular weight is 134 g/mol. The molecule has 9 heavy (non-hydrogen) atoms. The van der Waals surface area contributed by atoms with Crippen molar-refractivity contribution in [2.75, 3.05) is 0 Å². The van der Waals surface area contributed by atoms with E-state index in [1.807, 2.05) is 0 Å². The van der Waals surface area contributed by atoms with Crippen LogP contribution in [0.15, 0.2) is 6.30 Å². The molecule has 0 atom stereocenters. The van der Waals surface area contributed by atoms with Crippen LogP contribution in [0.2, 0.25) is 0 Å². The van der Waals surface area contributed by atoms with Crippen molar-refractivity contribution in [1.82, 2.24) is 14.8 Å². The zero-order valence-electron chi connectivity index (χ0n) is 5.67. The van der Waals surface area contributed by atoms with Gasteiger partial charge in [0.2, 0.25) is 5.82 Å². The van der Waals surface area contributed by atoms with Crippen molar-refractivity contribution in [2.24, 2.45) is 7.05 Å². The van der Waals surface area contributed by atoms with E-state index in [9.17, 15) is 8.78 Å². The van der Waals surface area contributed by atoms with Crippen LogP contribution < -0.4 is 0 Å². The van der Waals surface area contributed by atoms with Gasteiger partial charge in [0.05, 0.1) is 0 Å². The van der Waals surface area contributed by atoms with E-state index >= 15 is 0 Å². The Morgan fingerprint density at radius 2 is 2.56 bits per heavy atom. The quantitative estimate of drug-likeness (QED) is 0.567. The zero-order valence-corrected chi connectivity index (χ0v) is 4.67. The van der Waals surface area contributed by atoms with Crippen molar-refractivity contribution in [3.05, 3.63) is 12.1 Å². The Labute approximate surface area is 51.7 Å². The molecular weight excluding hydrogens is 128 g/mol. The number of aryl methyl sites for hydroxylation is 1.